The molecule has 0 atom stereocenters. The number of aliphatic hydroxyl groups excluding tert-OH is 1. The largest absolute Gasteiger partial charge is 0.444 e. The number of carbonyl (C=O) groups excluding carboxylic acids is 1. The Morgan fingerprint density at radius 3 is 2.13 bits per heavy atom. The number of aliphatic hydroxyl groups is 1. The quantitative estimate of drug-likeness (QED) is 0.697. The molecule has 0 fully saturated rings. The summed E-state index contributed by atoms with van der Waals surface area (Å²) in [5, 5.41) is 11.6. The minimum Gasteiger partial charge on any atom is -0.444 e. The monoisotopic (exact) mass is 213 g/mol. The van der Waals surface area contributed by atoms with Crippen molar-refractivity contribution >= 4 is 6.09 Å². The molecule has 0 saturated carbocycles. The summed E-state index contributed by atoms with van der Waals surface area (Å²) in [4.78, 5) is 11.4. The Balaban J connectivity index is 4.50. The molecule has 2 N–H and O–H groups in total. The SMILES string of the molecule is C=CC(C=C)(CO)NC(=O)OC(C)(C)C. The van der Waals surface area contributed by atoms with Crippen LogP contribution in [0.3, 0.4) is 0 Å². The zero-order valence-corrected chi connectivity index (χ0v) is 9.54. The third-order valence-corrected chi connectivity index (χ3v) is 1.72. The van der Waals surface area contributed by atoms with Crippen molar-refractivity contribution in [3.05, 3.63) is 25.3 Å². The van der Waals surface area contributed by atoms with Gasteiger partial charge in [0.15, 0.2) is 0 Å². The van der Waals surface area contributed by atoms with Crippen LogP contribution in [0.5, 0.6) is 0 Å². The highest BCUT2D eigenvalue weighted by atomic mass is 16.6. The predicted molar refractivity (Wildman–Crippen MR) is 59.6 cm³/mol. The van der Waals surface area contributed by atoms with E-state index in [1.54, 1.807) is 20.8 Å². The van der Waals surface area contributed by atoms with Gasteiger partial charge in [0.25, 0.3) is 0 Å². The maximum atomic E-state index is 11.4. The van der Waals surface area contributed by atoms with Gasteiger partial charge >= 0.3 is 6.09 Å². The van der Waals surface area contributed by atoms with Crippen LogP contribution in [-0.4, -0.2) is 28.9 Å². The third kappa shape index (κ3) is 4.65. The molecule has 0 aromatic heterocycles. The maximum absolute atomic E-state index is 11.4. The van der Waals surface area contributed by atoms with Crippen LogP contribution in [-0.2, 0) is 4.74 Å². The average molecular weight is 213 g/mol. The number of alkyl carbamates (subject to hydrolysis) is 1. The molecular formula is C11H19NO3. The summed E-state index contributed by atoms with van der Waals surface area (Å²) in [7, 11) is 0. The van der Waals surface area contributed by atoms with E-state index < -0.39 is 17.2 Å². The van der Waals surface area contributed by atoms with E-state index in [0.717, 1.165) is 0 Å². The molecule has 15 heavy (non-hydrogen) atoms. The number of hydrogen-bond donors (Lipinski definition) is 2. The molecule has 0 radical (unpaired) electrons. The topological polar surface area (TPSA) is 58.6 Å². The predicted octanol–water partition coefficient (Wildman–Crippen LogP) is 1.61. The van der Waals surface area contributed by atoms with Crippen LogP contribution in [0.15, 0.2) is 25.3 Å². The van der Waals surface area contributed by atoms with Gasteiger partial charge in [-0.2, -0.15) is 0 Å². The van der Waals surface area contributed by atoms with Crippen molar-refractivity contribution in [1.82, 2.24) is 5.32 Å². The van der Waals surface area contributed by atoms with Crippen molar-refractivity contribution in [2.24, 2.45) is 0 Å². The Morgan fingerprint density at radius 2 is 1.87 bits per heavy atom. The highest BCUT2D eigenvalue weighted by Gasteiger charge is 2.26. The Bertz CT molecular complexity index is 245. The zero-order chi connectivity index (χ0) is 12.1. The maximum Gasteiger partial charge on any atom is 0.408 e. The van der Waals surface area contributed by atoms with Crippen LogP contribution >= 0.6 is 0 Å². The molecule has 1 amide bonds. The van der Waals surface area contributed by atoms with Gasteiger partial charge in [0.05, 0.1) is 6.61 Å². The van der Waals surface area contributed by atoms with Gasteiger partial charge < -0.3 is 15.2 Å². The van der Waals surface area contributed by atoms with E-state index in [1.807, 2.05) is 0 Å². The molecule has 0 bridgehead atoms. The van der Waals surface area contributed by atoms with Crippen molar-refractivity contribution in [2.45, 2.75) is 31.9 Å². The fraction of sp³-hybridized carbons (Fsp3) is 0.545. The Hall–Kier alpha value is -1.29. The summed E-state index contributed by atoms with van der Waals surface area (Å²) < 4.78 is 5.04. The third-order valence-electron chi connectivity index (χ3n) is 1.72. The molecule has 0 aliphatic rings. The number of carbonyl (C=O) groups is 1. The molecule has 4 heteroatoms. The Labute approximate surface area is 90.6 Å². The van der Waals surface area contributed by atoms with Gasteiger partial charge in [0, 0.05) is 0 Å². The minimum absolute atomic E-state index is 0.306. The summed E-state index contributed by atoms with van der Waals surface area (Å²) >= 11 is 0. The lowest BCUT2D eigenvalue weighted by Crippen LogP contribution is -2.49. The van der Waals surface area contributed by atoms with Gasteiger partial charge in [0.2, 0.25) is 0 Å². The van der Waals surface area contributed by atoms with E-state index >= 15 is 0 Å². The first-order chi connectivity index (χ1) is 6.78. The number of nitrogens with one attached hydrogen (secondary N) is 1. The minimum atomic E-state index is -1.03. The summed E-state index contributed by atoms with van der Waals surface area (Å²) in [6.07, 6.45) is 2.20. The lowest BCUT2D eigenvalue weighted by Gasteiger charge is -2.28. The number of rotatable bonds is 4. The highest BCUT2D eigenvalue weighted by Crippen LogP contribution is 2.11. The molecule has 0 aliphatic carbocycles. The van der Waals surface area contributed by atoms with Crippen LogP contribution in [0.1, 0.15) is 20.8 Å². The molecule has 0 saturated heterocycles. The smallest absolute Gasteiger partial charge is 0.408 e. The lowest BCUT2D eigenvalue weighted by atomic mass is 10.0. The summed E-state index contributed by atoms with van der Waals surface area (Å²) in [6.45, 7) is 12.0. The first kappa shape index (κ1) is 13.7. The van der Waals surface area contributed by atoms with Gasteiger partial charge in [-0.05, 0) is 20.8 Å². The highest BCUT2D eigenvalue weighted by molar-refractivity contribution is 5.69. The lowest BCUT2D eigenvalue weighted by molar-refractivity contribution is 0.0467. The first-order valence-electron chi connectivity index (χ1n) is 4.68. The second-order valence-electron chi connectivity index (χ2n) is 4.23. The average Bonchev–Trinajstić information content (AvgIpc) is 2.11. The van der Waals surface area contributed by atoms with Crippen molar-refractivity contribution in [2.75, 3.05) is 6.61 Å². The zero-order valence-electron chi connectivity index (χ0n) is 9.54. The van der Waals surface area contributed by atoms with Gasteiger partial charge in [0.1, 0.15) is 11.1 Å². The second-order valence-corrected chi connectivity index (χ2v) is 4.23. The van der Waals surface area contributed by atoms with E-state index in [4.69, 9.17) is 9.84 Å². The fourth-order valence-corrected chi connectivity index (χ4v) is 0.848. The fourth-order valence-electron chi connectivity index (χ4n) is 0.848. The molecule has 0 unspecified atom stereocenters. The molecule has 4 nitrogen and oxygen atoms in total. The van der Waals surface area contributed by atoms with Crippen molar-refractivity contribution < 1.29 is 14.6 Å². The molecule has 0 aromatic rings. The van der Waals surface area contributed by atoms with Gasteiger partial charge in [-0.3, -0.25) is 0 Å². The van der Waals surface area contributed by atoms with E-state index in [1.165, 1.54) is 12.2 Å². The van der Waals surface area contributed by atoms with Crippen molar-refractivity contribution in [1.29, 1.82) is 0 Å². The van der Waals surface area contributed by atoms with Crippen molar-refractivity contribution in [3.63, 3.8) is 0 Å². The van der Waals surface area contributed by atoms with E-state index in [0.29, 0.717) is 0 Å². The number of hydrogen-bond acceptors (Lipinski definition) is 3. The standard InChI is InChI=1S/C11H19NO3/c1-6-11(7-2,8-13)12-9(14)15-10(3,4)5/h6-7,13H,1-2,8H2,3-5H3,(H,12,14). The molecule has 0 aliphatic heterocycles. The Kier molecular flexibility index (Phi) is 4.55. The molecule has 0 spiro atoms. The van der Waals surface area contributed by atoms with Crippen molar-refractivity contribution in [3.8, 4) is 0 Å². The summed E-state index contributed by atoms with van der Waals surface area (Å²) in [5.74, 6) is 0. The summed E-state index contributed by atoms with van der Waals surface area (Å²) in [5.41, 5.74) is -1.60. The molecule has 0 rings (SSSR count). The number of amides is 1. The number of ether oxygens (including phenoxy) is 1. The molecule has 0 aromatic carbocycles. The van der Waals surface area contributed by atoms with Crippen LogP contribution in [0, 0.1) is 0 Å². The van der Waals surface area contributed by atoms with E-state index in [2.05, 4.69) is 18.5 Å². The van der Waals surface area contributed by atoms with E-state index in [9.17, 15) is 4.79 Å². The van der Waals surface area contributed by atoms with Gasteiger partial charge in [-0.1, -0.05) is 12.2 Å². The van der Waals surface area contributed by atoms with Crippen LogP contribution < -0.4 is 5.32 Å². The molecule has 0 heterocycles. The molecular weight excluding hydrogens is 194 g/mol. The Morgan fingerprint density at radius 1 is 1.40 bits per heavy atom. The molecule has 86 valence electrons. The van der Waals surface area contributed by atoms with Gasteiger partial charge in [-0.25, -0.2) is 4.79 Å². The summed E-state index contributed by atoms with van der Waals surface area (Å²) in [6, 6.07) is 0. The van der Waals surface area contributed by atoms with Crippen LogP contribution in [0.25, 0.3) is 0 Å². The normalized spacial score (nSPS) is 11.7. The van der Waals surface area contributed by atoms with E-state index in [-0.39, 0.29) is 6.61 Å². The second kappa shape index (κ2) is 4.98. The van der Waals surface area contributed by atoms with Gasteiger partial charge in [-0.15, -0.1) is 13.2 Å². The first-order valence-corrected chi connectivity index (χ1v) is 4.68. The van der Waals surface area contributed by atoms with Crippen LogP contribution in [0.4, 0.5) is 4.79 Å². The van der Waals surface area contributed by atoms with Crippen LogP contribution in [0.2, 0.25) is 0 Å².